The number of aromatic nitrogens is 1. The van der Waals surface area contributed by atoms with Crippen LogP contribution in [0.3, 0.4) is 0 Å². The van der Waals surface area contributed by atoms with Gasteiger partial charge in [-0.05, 0) is 17.5 Å². The fraction of sp³-hybridized carbons (Fsp3) is 0.154. The van der Waals surface area contributed by atoms with Crippen molar-refractivity contribution in [2.24, 2.45) is 0 Å². The van der Waals surface area contributed by atoms with Gasteiger partial charge in [-0.2, -0.15) is 0 Å². The molecule has 1 unspecified atom stereocenters. The molecule has 7 heteroatoms. The van der Waals surface area contributed by atoms with Crippen molar-refractivity contribution in [2.45, 2.75) is 6.04 Å². The Hall–Kier alpha value is -2.41. The molecule has 1 amide bonds. The molecule has 0 saturated heterocycles. The third-order valence-electron chi connectivity index (χ3n) is 2.56. The monoisotopic (exact) mass is 292 g/mol. The van der Waals surface area contributed by atoms with E-state index in [1.165, 1.54) is 36.8 Å². The zero-order valence-electron chi connectivity index (χ0n) is 10.6. The molecule has 0 bridgehead atoms. The number of carbonyl (C=O) groups excluding carboxylic acids is 1. The molecular formula is C13H12N2O4S. The van der Waals surface area contributed by atoms with Crippen molar-refractivity contribution in [3.63, 3.8) is 0 Å². The number of hydrogen-bond donors (Lipinski definition) is 2. The Morgan fingerprint density at radius 1 is 1.40 bits per heavy atom. The molecule has 0 aromatic carbocycles. The van der Waals surface area contributed by atoms with Crippen molar-refractivity contribution in [3.8, 4) is 5.88 Å². The van der Waals surface area contributed by atoms with E-state index in [-0.39, 0.29) is 5.56 Å². The Bertz CT molecular complexity index is 595. The number of aliphatic carboxylic acids is 1. The van der Waals surface area contributed by atoms with Gasteiger partial charge in [0.1, 0.15) is 0 Å². The Morgan fingerprint density at radius 2 is 2.20 bits per heavy atom. The smallest absolute Gasteiger partial charge is 0.331 e. The second kappa shape index (κ2) is 6.16. The van der Waals surface area contributed by atoms with Crippen molar-refractivity contribution in [1.82, 2.24) is 10.3 Å². The minimum atomic E-state index is -1.11. The first-order chi connectivity index (χ1) is 9.61. The second-order valence-electron chi connectivity index (χ2n) is 3.85. The van der Waals surface area contributed by atoms with Crippen LogP contribution in [0.25, 0.3) is 0 Å². The predicted octanol–water partition coefficient (Wildman–Crippen LogP) is 1.71. The first-order valence-electron chi connectivity index (χ1n) is 5.69. The minimum Gasteiger partial charge on any atom is -0.481 e. The van der Waals surface area contributed by atoms with Crippen LogP contribution in [0.4, 0.5) is 0 Å². The van der Waals surface area contributed by atoms with Crippen LogP contribution < -0.4 is 10.1 Å². The van der Waals surface area contributed by atoms with E-state index in [1.54, 1.807) is 17.5 Å². The average molecular weight is 292 g/mol. The van der Waals surface area contributed by atoms with Crippen LogP contribution in [0.5, 0.6) is 5.88 Å². The number of carboxylic acids is 1. The summed E-state index contributed by atoms with van der Waals surface area (Å²) < 4.78 is 4.89. The molecule has 0 aliphatic rings. The highest BCUT2D eigenvalue weighted by Gasteiger charge is 2.23. The highest BCUT2D eigenvalue weighted by molar-refractivity contribution is 7.10. The summed E-state index contributed by atoms with van der Waals surface area (Å²) in [4.78, 5) is 27.7. The van der Waals surface area contributed by atoms with Gasteiger partial charge in [-0.25, -0.2) is 9.78 Å². The zero-order valence-corrected chi connectivity index (χ0v) is 11.4. The average Bonchev–Trinajstić information content (AvgIpc) is 2.98. The van der Waals surface area contributed by atoms with Gasteiger partial charge in [-0.3, -0.25) is 4.79 Å². The molecule has 1 atom stereocenters. The highest BCUT2D eigenvalue weighted by Crippen LogP contribution is 2.19. The molecule has 2 N–H and O–H groups in total. The summed E-state index contributed by atoms with van der Waals surface area (Å²) in [6.07, 6.45) is 1.33. The van der Waals surface area contributed by atoms with Gasteiger partial charge in [0.15, 0.2) is 6.04 Å². The summed E-state index contributed by atoms with van der Waals surface area (Å²) in [5, 5.41) is 13.4. The van der Waals surface area contributed by atoms with Crippen LogP contribution in [-0.2, 0) is 4.79 Å². The van der Waals surface area contributed by atoms with Crippen molar-refractivity contribution in [1.29, 1.82) is 0 Å². The topological polar surface area (TPSA) is 88.5 Å². The molecule has 104 valence electrons. The molecule has 2 aromatic rings. The normalized spacial score (nSPS) is 11.7. The van der Waals surface area contributed by atoms with Crippen LogP contribution in [-0.4, -0.2) is 29.1 Å². The maximum atomic E-state index is 12.0. The number of nitrogens with zero attached hydrogens (tertiary/aromatic N) is 1. The van der Waals surface area contributed by atoms with E-state index in [9.17, 15) is 14.7 Å². The summed E-state index contributed by atoms with van der Waals surface area (Å²) in [5.41, 5.74) is 0.272. The number of thiophene rings is 1. The van der Waals surface area contributed by atoms with E-state index in [4.69, 9.17) is 4.74 Å². The number of rotatable bonds is 5. The van der Waals surface area contributed by atoms with E-state index >= 15 is 0 Å². The molecular weight excluding hydrogens is 280 g/mol. The number of carboxylic acid groups (broad SMARTS) is 1. The van der Waals surface area contributed by atoms with Crippen molar-refractivity contribution >= 4 is 23.2 Å². The molecule has 0 saturated carbocycles. The van der Waals surface area contributed by atoms with Crippen molar-refractivity contribution < 1.29 is 19.4 Å². The molecule has 0 fully saturated rings. The fourth-order valence-corrected chi connectivity index (χ4v) is 2.33. The van der Waals surface area contributed by atoms with E-state index in [0.717, 1.165) is 0 Å². The Morgan fingerprint density at radius 3 is 2.70 bits per heavy atom. The number of amides is 1. The largest absolute Gasteiger partial charge is 0.481 e. The van der Waals surface area contributed by atoms with Crippen LogP contribution in [0.2, 0.25) is 0 Å². The molecule has 2 aromatic heterocycles. The van der Waals surface area contributed by atoms with Gasteiger partial charge >= 0.3 is 5.97 Å². The lowest BCUT2D eigenvalue weighted by atomic mass is 10.2. The van der Waals surface area contributed by atoms with Gasteiger partial charge in [-0.1, -0.05) is 6.07 Å². The van der Waals surface area contributed by atoms with Crippen LogP contribution >= 0.6 is 11.3 Å². The summed E-state index contributed by atoms with van der Waals surface area (Å²) in [6, 6.07) is 5.39. The lowest BCUT2D eigenvalue weighted by Gasteiger charge is -2.12. The summed E-state index contributed by atoms with van der Waals surface area (Å²) in [6.45, 7) is 0. The van der Waals surface area contributed by atoms with Crippen molar-refractivity contribution in [3.05, 3.63) is 46.3 Å². The molecule has 0 aliphatic carbocycles. The Kier molecular flexibility index (Phi) is 4.31. The van der Waals surface area contributed by atoms with E-state index in [0.29, 0.717) is 10.8 Å². The van der Waals surface area contributed by atoms with Crippen molar-refractivity contribution in [2.75, 3.05) is 7.11 Å². The first-order valence-corrected chi connectivity index (χ1v) is 6.57. The maximum Gasteiger partial charge on any atom is 0.331 e. The number of nitrogens with one attached hydrogen (secondary N) is 1. The molecule has 20 heavy (non-hydrogen) atoms. The van der Waals surface area contributed by atoms with E-state index in [1.807, 2.05) is 0 Å². The van der Waals surface area contributed by atoms with Crippen LogP contribution in [0.15, 0.2) is 35.8 Å². The summed E-state index contributed by atoms with van der Waals surface area (Å²) in [7, 11) is 1.47. The lowest BCUT2D eigenvalue weighted by Crippen LogP contribution is -2.33. The van der Waals surface area contributed by atoms with Crippen LogP contribution in [0.1, 0.15) is 21.3 Å². The third kappa shape index (κ3) is 3.12. The van der Waals surface area contributed by atoms with Crippen LogP contribution in [0, 0.1) is 0 Å². The first kappa shape index (κ1) is 14.0. The second-order valence-corrected chi connectivity index (χ2v) is 4.83. The fourth-order valence-electron chi connectivity index (χ4n) is 1.56. The van der Waals surface area contributed by atoms with Gasteiger partial charge in [-0.15, -0.1) is 11.3 Å². The molecule has 0 aliphatic heterocycles. The molecule has 0 radical (unpaired) electrons. The summed E-state index contributed by atoms with van der Waals surface area (Å²) in [5.74, 6) is -1.22. The van der Waals surface area contributed by atoms with Gasteiger partial charge in [0.2, 0.25) is 5.88 Å². The SMILES string of the molecule is COc1ccc(C(=O)NC(C(=O)O)c2cccs2)cn1. The zero-order chi connectivity index (χ0) is 14.5. The lowest BCUT2D eigenvalue weighted by molar-refractivity contribution is -0.139. The highest BCUT2D eigenvalue weighted by atomic mass is 32.1. The Balaban J connectivity index is 2.14. The Labute approximate surface area is 119 Å². The van der Waals surface area contributed by atoms with Gasteiger partial charge in [0, 0.05) is 17.1 Å². The third-order valence-corrected chi connectivity index (χ3v) is 3.49. The molecule has 2 rings (SSSR count). The number of methoxy groups -OCH3 is 1. The molecule has 0 spiro atoms. The number of hydrogen-bond acceptors (Lipinski definition) is 5. The van der Waals surface area contributed by atoms with Gasteiger partial charge in [0.05, 0.1) is 12.7 Å². The number of carbonyl (C=O) groups is 2. The van der Waals surface area contributed by atoms with Gasteiger partial charge in [0.25, 0.3) is 5.91 Å². The maximum absolute atomic E-state index is 12.0. The molecule has 6 nitrogen and oxygen atoms in total. The quantitative estimate of drug-likeness (QED) is 0.875. The number of ether oxygens (including phenoxy) is 1. The predicted molar refractivity (Wildman–Crippen MR) is 73.0 cm³/mol. The summed E-state index contributed by atoms with van der Waals surface area (Å²) >= 11 is 1.27. The standard InChI is InChI=1S/C13H12N2O4S/c1-19-10-5-4-8(7-14-10)12(16)15-11(13(17)18)9-3-2-6-20-9/h2-7,11H,1H3,(H,15,16)(H,17,18). The molecule has 2 heterocycles. The van der Waals surface area contributed by atoms with E-state index < -0.39 is 17.9 Å². The number of pyridine rings is 1. The minimum absolute atomic E-state index is 0.272. The van der Waals surface area contributed by atoms with E-state index in [2.05, 4.69) is 10.3 Å². The van der Waals surface area contributed by atoms with Gasteiger partial charge < -0.3 is 15.2 Å².